The van der Waals surface area contributed by atoms with Crippen molar-refractivity contribution in [2.45, 2.75) is 6.42 Å². The van der Waals surface area contributed by atoms with Crippen LogP contribution in [0.4, 0.5) is 0 Å². The Morgan fingerprint density at radius 1 is 1.47 bits per heavy atom. The van der Waals surface area contributed by atoms with E-state index in [9.17, 15) is 4.79 Å². The lowest BCUT2D eigenvalue weighted by Gasteiger charge is -1.91. The molecule has 0 saturated carbocycles. The van der Waals surface area contributed by atoms with Crippen molar-refractivity contribution in [1.29, 1.82) is 0 Å². The molecule has 2 aromatic rings. The van der Waals surface area contributed by atoms with Crippen molar-refractivity contribution in [2.24, 2.45) is 0 Å². The smallest absolute Gasteiger partial charge is 0.186 e. The molecule has 76 valence electrons. The molecular formula is C9H7ClN4O. The van der Waals surface area contributed by atoms with E-state index in [4.69, 9.17) is 11.6 Å². The predicted octanol–water partition coefficient (Wildman–Crippen LogP) is 1.61. The summed E-state index contributed by atoms with van der Waals surface area (Å²) in [5.41, 5.74) is 1.22. The molecule has 2 rings (SSSR count). The minimum absolute atomic E-state index is 0.347. The summed E-state index contributed by atoms with van der Waals surface area (Å²) < 4.78 is 0. The average molecular weight is 223 g/mol. The Balaban J connectivity index is 2.48. The zero-order chi connectivity index (χ0) is 10.7. The molecule has 0 aliphatic rings. The molecule has 0 aliphatic carbocycles. The van der Waals surface area contributed by atoms with Crippen LogP contribution in [0, 0.1) is 0 Å². The van der Waals surface area contributed by atoms with Crippen LogP contribution in [0.5, 0.6) is 0 Å². The SMILES string of the molecule is O=CCC=Cc1[nH]nc2ncnc(Cl)c12. The first-order chi connectivity index (χ1) is 7.33. The van der Waals surface area contributed by atoms with Crippen molar-refractivity contribution in [3.05, 3.63) is 23.3 Å². The van der Waals surface area contributed by atoms with Gasteiger partial charge in [0.1, 0.15) is 17.8 Å². The van der Waals surface area contributed by atoms with Crippen LogP contribution in [0.25, 0.3) is 17.1 Å². The van der Waals surface area contributed by atoms with Crippen LogP contribution in [0.1, 0.15) is 12.1 Å². The van der Waals surface area contributed by atoms with Gasteiger partial charge in [0.15, 0.2) is 5.65 Å². The monoisotopic (exact) mass is 222 g/mol. The van der Waals surface area contributed by atoms with E-state index in [0.717, 1.165) is 6.29 Å². The molecule has 0 saturated heterocycles. The van der Waals surface area contributed by atoms with Crippen LogP contribution in [0.3, 0.4) is 0 Å². The van der Waals surface area contributed by atoms with Crippen LogP contribution >= 0.6 is 11.6 Å². The van der Waals surface area contributed by atoms with E-state index in [1.54, 1.807) is 12.2 Å². The first kappa shape index (κ1) is 9.79. The van der Waals surface area contributed by atoms with Gasteiger partial charge in [0.25, 0.3) is 0 Å². The third-order valence-corrected chi connectivity index (χ3v) is 2.14. The summed E-state index contributed by atoms with van der Waals surface area (Å²) >= 11 is 5.90. The van der Waals surface area contributed by atoms with E-state index in [-0.39, 0.29) is 0 Å². The van der Waals surface area contributed by atoms with E-state index in [1.807, 2.05) is 0 Å². The minimum atomic E-state index is 0.347. The molecule has 0 unspecified atom stereocenters. The fraction of sp³-hybridized carbons (Fsp3) is 0.111. The zero-order valence-corrected chi connectivity index (χ0v) is 8.40. The molecule has 2 heterocycles. The van der Waals surface area contributed by atoms with Crippen LogP contribution in [-0.2, 0) is 4.79 Å². The molecule has 0 aromatic carbocycles. The largest absolute Gasteiger partial charge is 0.303 e. The summed E-state index contributed by atoms with van der Waals surface area (Å²) in [4.78, 5) is 17.9. The van der Waals surface area contributed by atoms with E-state index >= 15 is 0 Å². The number of carbonyl (C=O) groups excluding carboxylic acids is 1. The lowest BCUT2D eigenvalue weighted by atomic mass is 10.2. The van der Waals surface area contributed by atoms with Crippen molar-refractivity contribution < 1.29 is 4.79 Å². The fourth-order valence-electron chi connectivity index (χ4n) is 1.20. The van der Waals surface area contributed by atoms with Gasteiger partial charge in [-0.1, -0.05) is 17.7 Å². The number of nitrogens with zero attached hydrogens (tertiary/aromatic N) is 3. The highest BCUT2D eigenvalue weighted by molar-refractivity contribution is 6.34. The molecule has 0 fully saturated rings. The van der Waals surface area contributed by atoms with Crippen LogP contribution < -0.4 is 0 Å². The number of aromatic nitrogens is 4. The van der Waals surface area contributed by atoms with Crippen molar-refractivity contribution >= 4 is 35.0 Å². The standard InChI is InChI=1S/C9H7ClN4O/c10-8-7-6(3-1-2-4-15)13-14-9(7)12-5-11-8/h1,3-5H,2H2,(H,11,12,13,14). The number of rotatable bonds is 3. The van der Waals surface area contributed by atoms with E-state index in [2.05, 4.69) is 20.2 Å². The molecule has 0 bridgehead atoms. The number of allylic oxidation sites excluding steroid dienone is 1. The maximum atomic E-state index is 10.1. The Bertz CT molecular complexity index is 520. The second-order valence-corrected chi connectivity index (χ2v) is 3.16. The van der Waals surface area contributed by atoms with Gasteiger partial charge in [-0.3, -0.25) is 5.10 Å². The number of carbonyl (C=O) groups is 1. The third kappa shape index (κ3) is 1.87. The van der Waals surface area contributed by atoms with Gasteiger partial charge in [0, 0.05) is 6.42 Å². The molecule has 0 atom stereocenters. The van der Waals surface area contributed by atoms with Gasteiger partial charge in [0.05, 0.1) is 11.1 Å². The number of fused-ring (bicyclic) bond motifs is 1. The van der Waals surface area contributed by atoms with Gasteiger partial charge in [-0.05, 0) is 6.08 Å². The van der Waals surface area contributed by atoms with Crippen LogP contribution in [-0.4, -0.2) is 26.5 Å². The quantitative estimate of drug-likeness (QED) is 0.633. The van der Waals surface area contributed by atoms with E-state index in [0.29, 0.717) is 28.3 Å². The Morgan fingerprint density at radius 2 is 2.33 bits per heavy atom. The third-order valence-electron chi connectivity index (χ3n) is 1.85. The number of H-pyrrole nitrogens is 1. The lowest BCUT2D eigenvalue weighted by molar-refractivity contribution is -0.107. The Morgan fingerprint density at radius 3 is 3.13 bits per heavy atom. The van der Waals surface area contributed by atoms with Gasteiger partial charge in [-0.25, -0.2) is 9.97 Å². The molecule has 0 radical (unpaired) electrons. The van der Waals surface area contributed by atoms with Gasteiger partial charge >= 0.3 is 0 Å². The number of hydrogen-bond acceptors (Lipinski definition) is 4. The van der Waals surface area contributed by atoms with Crippen molar-refractivity contribution in [3.8, 4) is 0 Å². The average Bonchev–Trinajstić information content (AvgIpc) is 2.63. The Kier molecular flexibility index (Phi) is 2.73. The lowest BCUT2D eigenvalue weighted by Crippen LogP contribution is -1.81. The number of nitrogens with one attached hydrogen (secondary N) is 1. The van der Waals surface area contributed by atoms with Crippen molar-refractivity contribution in [2.75, 3.05) is 0 Å². The summed E-state index contributed by atoms with van der Waals surface area (Å²) in [6.07, 6.45) is 5.96. The fourth-order valence-corrected chi connectivity index (χ4v) is 1.43. The number of aromatic amines is 1. The zero-order valence-electron chi connectivity index (χ0n) is 7.64. The van der Waals surface area contributed by atoms with Crippen LogP contribution in [0.15, 0.2) is 12.4 Å². The second kappa shape index (κ2) is 4.18. The highest BCUT2D eigenvalue weighted by Gasteiger charge is 2.08. The van der Waals surface area contributed by atoms with Crippen LogP contribution in [0.2, 0.25) is 5.15 Å². The minimum Gasteiger partial charge on any atom is -0.303 e. The molecule has 5 nitrogen and oxygen atoms in total. The summed E-state index contributed by atoms with van der Waals surface area (Å²) in [5.74, 6) is 0. The summed E-state index contributed by atoms with van der Waals surface area (Å²) in [6.45, 7) is 0. The molecule has 15 heavy (non-hydrogen) atoms. The second-order valence-electron chi connectivity index (χ2n) is 2.81. The molecule has 0 aliphatic heterocycles. The molecule has 0 amide bonds. The van der Waals surface area contributed by atoms with E-state index < -0.39 is 0 Å². The van der Waals surface area contributed by atoms with E-state index in [1.165, 1.54) is 6.33 Å². The summed E-state index contributed by atoms with van der Waals surface area (Å²) in [7, 11) is 0. The first-order valence-electron chi connectivity index (χ1n) is 4.27. The maximum absolute atomic E-state index is 10.1. The molecular weight excluding hydrogens is 216 g/mol. The molecule has 0 spiro atoms. The highest BCUT2D eigenvalue weighted by atomic mass is 35.5. The topological polar surface area (TPSA) is 71.5 Å². The normalized spacial score (nSPS) is 11.3. The molecule has 6 heteroatoms. The molecule has 2 aromatic heterocycles. The van der Waals surface area contributed by atoms with Crippen molar-refractivity contribution in [1.82, 2.24) is 20.2 Å². The number of hydrogen-bond donors (Lipinski definition) is 1. The maximum Gasteiger partial charge on any atom is 0.186 e. The number of halogens is 1. The van der Waals surface area contributed by atoms with Gasteiger partial charge < -0.3 is 4.79 Å². The highest BCUT2D eigenvalue weighted by Crippen LogP contribution is 2.21. The van der Waals surface area contributed by atoms with Crippen molar-refractivity contribution in [3.63, 3.8) is 0 Å². The first-order valence-corrected chi connectivity index (χ1v) is 4.65. The summed E-state index contributed by atoms with van der Waals surface area (Å²) in [6, 6.07) is 0. The predicted molar refractivity (Wildman–Crippen MR) is 56.4 cm³/mol. The Labute approximate surface area is 90.2 Å². The number of aldehydes is 1. The molecule has 1 N–H and O–H groups in total. The van der Waals surface area contributed by atoms with Gasteiger partial charge in [-0.15, -0.1) is 0 Å². The van der Waals surface area contributed by atoms with Gasteiger partial charge in [0.2, 0.25) is 0 Å². The Hall–Kier alpha value is -1.75. The summed E-state index contributed by atoms with van der Waals surface area (Å²) in [5, 5.41) is 7.75. The van der Waals surface area contributed by atoms with Gasteiger partial charge in [-0.2, -0.15) is 5.10 Å².